The summed E-state index contributed by atoms with van der Waals surface area (Å²) in [6.45, 7) is 3.80. The quantitative estimate of drug-likeness (QED) is 0.746. The topological polar surface area (TPSA) is 96.7 Å². The van der Waals surface area contributed by atoms with Gasteiger partial charge in [0, 0.05) is 6.20 Å². The van der Waals surface area contributed by atoms with Gasteiger partial charge in [0.25, 0.3) is 10.1 Å². The third-order valence-electron chi connectivity index (χ3n) is 3.48. The third kappa shape index (κ3) is 8.24. The molecule has 2 N–H and O–H groups in total. The maximum absolute atomic E-state index is 10.5. The summed E-state index contributed by atoms with van der Waals surface area (Å²) in [5, 5.41) is 9.35. The molecule has 6 nitrogen and oxygen atoms in total. The molecule has 142 valence electrons. The number of ether oxygens (including phenoxy) is 1. The summed E-state index contributed by atoms with van der Waals surface area (Å²) in [5.41, 5.74) is 1.94. The molecule has 7 heteroatoms. The largest absolute Gasteiger partial charge is 0.495 e. The number of aliphatic hydroxyl groups excluding tert-OH is 1. The molecule has 0 radical (unpaired) electrons. The lowest BCUT2D eigenvalue weighted by atomic mass is 10.1. The van der Waals surface area contributed by atoms with Crippen LogP contribution in [0.15, 0.2) is 53.7 Å². The van der Waals surface area contributed by atoms with E-state index in [1.165, 1.54) is 12.1 Å². The van der Waals surface area contributed by atoms with E-state index in [0.717, 1.165) is 23.3 Å². The summed E-state index contributed by atoms with van der Waals surface area (Å²) in [7, 11) is -2.40. The molecule has 0 aliphatic rings. The molecule has 26 heavy (non-hydrogen) atoms. The Morgan fingerprint density at radius 3 is 2.42 bits per heavy atom. The van der Waals surface area contributed by atoms with Crippen LogP contribution in [0.3, 0.4) is 0 Å². The number of hydrogen-bond acceptors (Lipinski definition) is 5. The maximum Gasteiger partial charge on any atom is 0.294 e. The number of hydrogen-bond donors (Lipinski definition) is 2. The minimum Gasteiger partial charge on any atom is -0.495 e. The van der Waals surface area contributed by atoms with Crippen molar-refractivity contribution < 1.29 is 22.8 Å². The van der Waals surface area contributed by atoms with Crippen LogP contribution in [-0.4, -0.2) is 36.3 Å². The van der Waals surface area contributed by atoms with Crippen molar-refractivity contribution in [3.63, 3.8) is 0 Å². The predicted octanol–water partition coefficient (Wildman–Crippen LogP) is 3.51. The van der Waals surface area contributed by atoms with Gasteiger partial charge in [0.05, 0.1) is 24.3 Å². The molecule has 1 unspecified atom stereocenters. The lowest BCUT2D eigenvalue weighted by Crippen LogP contribution is -2.00. The van der Waals surface area contributed by atoms with Crippen LogP contribution in [0.5, 0.6) is 5.75 Å². The van der Waals surface area contributed by atoms with Crippen molar-refractivity contribution in [3.8, 4) is 5.75 Å². The summed E-state index contributed by atoms with van der Waals surface area (Å²) in [6.07, 6.45) is 8.52. The molecule has 0 saturated heterocycles. The molecule has 0 spiro atoms. The minimum absolute atomic E-state index is 0.0666. The Labute approximate surface area is 154 Å². The fourth-order valence-electron chi connectivity index (χ4n) is 1.88. The number of aryl methyl sites for hydroxylation is 1. The highest BCUT2D eigenvalue weighted by molar-refractivity contribution is 7.85. The highest BCUT2D eigenvalue weighted by Crippen LogP contribution is 2.12. The highest BCUT2D eigenvalue weighted by Gasteiger charge is 2.06. The summed E-state index contributed by atoms with van der Waals surface area (Å²) in [6, 6.07) is 7.89. The predicted molar refractivity (Wildman–Crippen MR) is 102 cm³/mol. The van der Waals surface area contributed by atoms with E-state index in [4.69, 9.17) is 9.29 Å². The zero-order chi connectivity index (χ0) is 19.6. The Kier molecular flexibility index (Phi) is 8.98. The van der Waals surface area contributed by atoms with Crippen LogP contribution in [0, 0.1) is 6.92 Å². The van der Waals surface area contributed by atoms with Gasteiger partial charge < -0.3 is 9.84 Å². The molecule has 0 fully saturated rings. The van der Waals surface area contributed by atoms with Crippen molar-refractivity contribution in [1.82, 2.24) is 4.98 Å². The SMILES string of the molecule is CCC(O)C/C=C/c1cncc(OC)c1.Cc1ccc(S(=O)(=O)O)cc1. The summed E-state index contributed by atoms with van der Waals surface area (Å²) >= 11 is 0. The average molecular weight is 379 g/mol. The second-order valence-corrected chi connectivity index (χ2v) is 7.07. The van der Waals surface area contributed by atoms with E-state index in [0.29, 0.717) is 6.42 Å². The molecule has 0 saturated carbocycles. The van der Waals surface area contributed by atoms with Gasteiger partial charge >= 0.3 is 0 Å². The van der Waals surface area contributed by atoms with Gasteiger partial charge in [-0.25, -0.2) is 0 Å². The lowest BCUT2D eigenvalue weighted by Gasteiger charge is -2.02. The molecule has 0 aliphatic carbocycles. The van der Waals surface area contributed by atoms with Gasteiger partial charge in [0.15, 0.2) is 0 Å². The smallest absolute Gasteiger partial charge is 0.294 e. The molecule has 2 rings (SSSR count). The van der Waals surface area contributed by atoms with Crippen LogP contribution in [0.4, 0.5) is 0 Å². The first-order valence-electron chi connectivity index (χ1n) is 8.14. The summed E-state index contributed by atoms with van der Waals surface area (Å²) in [5.74, 6) is 0.744. The maximum atomic E-state index is 10.5. The normalized spacial score (nSPS) is 12.3. The fraction of sp³-hybridized carbons (Fsp3) is 0.316. The number of nitrogens with zero attached hydrogens (tertiary/aromatic N) is 1. The molecular formula is C19H25NO5S. The number of aliphatic hydroxyl groups is 1. The van der Waals surface area contributed by atoms with Crippen LogP contribution >= 0.6 is 0 Å². The van der Waals surface area contributed by atoms with Gasteiger partial charge in [-0.1, -0.05) is 36.8 Å². The number of rotatable bonds is 6. The number of benzene rings is 1. The molecule has 0 amide bonds. The van der Waals surface area contributed by atoms with Crippen molar-refractivity contribution in [2.45, 2.75) is 37.7 Å². The van der Waals surface area contributed by atoms with Gasteiger partial charge in [-0.3, -0.25) is 9.54 Å². The molecule has 2 aromatic rings. The Morgan fingerprint density at radius 1 is 1.23 bits per heavy atom. The van der Waals surface area contributed by atoms with Crippen molar-refractivity contribution in [1.29, 1.82) is 0 Å². The first-order valence-corrected chi connectivity index (χ1v) is 9.58. The molecule has 1 aromatic heterocycles. The minimum atomic E-state index is -4.02. The fourth-order valence-corrected chi connectivity index (χ4v) is 2.36. The zero-order valence-electron chi connectivity index (χ0n) is 15.2. The molecule has 0 bridgehead atoms. The van der Waals surface area contributed by atoms with Crippen LogP contribution < -0.4 is 4.74 Å². The van der Waals surface area contributed by atoms with Gasteiger partial charge in [-0.05, 0) is 43.5 Å². The van der Waals surface area contributed by atoms with Crippen LogP contribution in [-0.2, 0) is 10.1 Å². The second kappa shape index (κ2) is 10.7. The van der Waals surface area contributed by atoms with E-state index in [2.05, 4.69) is 4.98 Å². The van der Waals surface area contributed by atoms with E-state index >= 15 is 0 Å². The van der Waals surface area contributed by atoms with Crippen molar-refractivity contribution in [2.24, 2.45) is 0 Å². The Hall–Kier alpha value is -2.22. The van der Waals surface area contributed by atoms with Crippen LogP contribution in [0.1, 0.15) is 30.9 Å². The van der Waals surface area contributed by atoms with Gasteiger partial charge in [0.1, 0.15) is 5.75 Å². The Morgan fingerprint density at radius 2 is 1.88 bits per heavy atom. The van der Waals surface area contributed by atoms with E-state index in [1.54, 1.807) is 31.6 Å². The number of aromatic nitrogens is 1. The van der Waals surface area contributed by atoms with Gasteiger partial charge in [-0.2, -0.15) is 8.42 Å². The van der Waals surface area contributed by atoms with Crippen molar-refractivity contribution >= 4 is 16.2 Å². The van der Waals surface area contributed by atoms with Crippen LogP contribution in [0.25, 0.3) is 6.08 Å². The average Bonchev–Trinajstić information content (AvgIpc) is 2.62. The summed E-state index contributed by atoms with van der Waals surface area (Å²) < 4.78 is 34.6. The second-order valence-electron chi connectivity index (χ2n) is 5.65. The lowest BCUT2D eigenvalue weighted by molar-refractivity contribution is 0.174. The molecule has 1 aromatic carbocycles. The molecule has 1 heterocycles. The Bertz CT molecular complexity index is 801. The first-order chi connectivity index (χ1) is 12.3. The summed E-state index contributed by atoms with van der Waals surface area (Å²) in [4.78, 5) is 3.97. The van der Waals surface area contributed by atoms with Crippen molar-refractivity contribution in [2.75, 3.05) is 7.11 Å². The number of pyridine rings is 1. The zero-order valence-corrected chi connectivity index (χ0v) is 16.0. The number of methoxy groups -OCH3 is 1. The standard InChI is InChI=1S/C12H17NO2.C7H8O3S/c1-3-11(14)6-4-5-10-7-12(15-2)9-13-8-10;1-6-2-4-7(5-3-6)11(8,9)10/h4-5,7-9,11,14H,3,6H2,1-2H3;2-5H,1H3,(H,8,9,10)/b5-4+;. The van der Waals surface area contributed by atoms with E-state index in [1.807, 2.05) is 32.1 Å². The van der Waals surface area contributed by atoms with Gasteiger partial charge in [0.2, 0.25) is 0 Å². The van der Waals surface area contributed by atoms with Crippen molar-refractivity contribution in [3.05, 3.63) is 59.9 Å². The highest BCUT2D eigenvalue weighted by atomic mass is 32.2. The molecular weight excluding hydrogens is 354 g/mol. The monoisotopic (exact) mass is 379 g/mol. The molecule has 0 aliphatic heterocycles. The van der Waals surface area contributed by atoms with Crippen LogP contribution in [0.2, 0.25) is 0 Å². The van der Waals surface area contributed by atoms with Gasteiger partial charge in [-0.15, -0.1) is 0 Å². The first kappa shape index (κ1) is 21.8. The molecule has 1 atom stereocenters. The Balaban J connectivity index is 0.000000273. The van der Waals surface area contributed by atoms with E-state index < -0.39 is 10.1 Å². The third-order valence-corrected chi connectivity index (χ3v) is 4.35. The van der Waals surface area contributed by atoms with E-state index in [-0.39, 0.29) is 11.0 Å². The van der Waals surface area contributed by atoms with E-state index in [9.17, 15) is 13.5 Å².